The first-order chi connectivity index (χ1) is 11.8. The molecular formula is C20H21NO3. The lowest BCUT2D eigenvalue weighted by atomic mass is 9.76. The van der Waals surface area contributed by atoms with E-state index in [9.17, 15) is 4.79 Å². The summed E-state index contributed by atoms with van der Waals surface area (Å²) in [5.41, 5.74) is 3.63. The van der Waals surface area contributed by atoms with Gasteiger partial charge in [-0.05, 0) is 36.5 Å². The van der Waals surface area contributed by atoms with E-state index in [0.29, 0.717) is 19.1 Å². The Balaban J connectivity index is 1.42. The zero-order valence-corrected chi connectivity index (χ0v) is 13.5. The number of hydrogen-bond donors (Lipinski definition) is 1. The van der Waals surface area contributed by atoms with Crippen LogP contribution < -0.4 is 10.1 Å². The molecule has 1 heterocycles. The third kappa shape index (κ3) is 2.96. The number of benzene rings is 2. The minimum Gasteiger partial charge on any atom is -0.493 e. The molecule has 2 aromatic carbocycles. The second kappa shape index (κ2) is 6.56. The number of alkyl carbamates (subject to hydrolysis) is 1. The zero-order chi connectivity index (χ0) is 16.4. The van der Waals surface area contributed by atoms with Crippen molar-refractivity contribution in [3.8, 4) is 5.75 Å². The van der Waals surface area contributed by atoms with Crippen molar-refractivity contribution >= 4 is 6.09 Å². The van der Waals surface area contributed by atoms with Gasteiger partial charge in [0.1, 0.15) is 12.4 Å². The van der Waals surface area contributed by atoms with Gasteiger partial charge in [-0.1, -0.05) is 42.5 Å². The predicted octanol–water partition coefficient (Wildman–Crippen LogP) is 3.79. The van der Waals surface area contributed by atoms with Gasteiger partial charge in [-0.2, -0.15) is 0 Å². The smallest absolute Gasteiger partial charge is 0.407 e. The Kier molecular flexibility index (Phi) is 4.11. The van der Waals surface area contributed by atoms with Gasteiger partial charge in [-0.25, -0.2) is 4.79 Å². The fraction of sp³-hybridized carbons (Fsp3) is 0.350. The van der Waals surface area contributed by atoms with E-state index < -0.39 is 0 Å². The first-order valence-electron chi connectivity index (χ1n) is 8.53. The lowest BCUT2D eigenvalue weighted by molar-refractivity contribution is 0.130. The quantitative estimate of drug-likeness (QED) is 0.935. The molecule has 1 aliphatic heterocycles. The van der Waals surface area contributed by atoms with Gasteiger partial charge in [0.25, 0.3) is 0 Å². The number of carbonyl (C=O) groups excluding carboxylic acids is 1. The van der Waals surface area contributed by atoms with Crippen molar-refractivity contribution < 1.29 is 14.3 Å². The summed E-state index contributed by atoms with van der Waals surface area (Å²) in [4.78, 5) is 12.2. The molecule has 0 spiro atoms. The molecule has 1 N–H and O–H groups in total. The highest BCUT2D eigenvalue weighted by atomic mass is 16.5. The van der Waals surface area contributed by atoms with Crippen LogP contribution in [-0.4, -0.2) is 18.7 Å². The van der Waals surface area contributed by atoms with Gasteiger partial charge in [0.05, 0.1) is 6.61 Å². The number of aryl methyl sites for hydroxylation is 1. The molecule has 2 aromatic rings. The molecule has 1 amide bonds. The SMILES string of the molecule is O=C(NC1CCc2cccc3c2C1CCO3)OCc1ccccc1. The molecule has 0 saturated heterocycles. The van der Waals surface area contributed by atoms with E-state index in [2.05, 4.69) is 17.4 Å². The Morgan fingerprint density at radius 2 is 2.00 bits per heavy atom. The van der Waals surface area contributed by atoms with Crippen LogP contribution in [0.3, 0.4) is 0 Å². The number of rotatable bonds is 3. The van der Waals surface area contributed by atoms with Gasteiger partial charge in [-0.3, -0.25) is 0 Å². The summed E-state index contributed by atoms with van der Waals surface area (Å²) in [5.74, 6) is 1.30. The predicted molar refractivity (Wildman–Crippen MR) is 91.2 cm³/mol. The maximum Gasteiger partial charge on any atom is 0.407 e. The molecule has 24 heavy (non-hydrogen) atoms. The summed E-state index contributed by atoms with van der Waals surface area (Å²) in [6.45, 7) is 1.01. The highest BCUT2D eigenvalue weighted by Crippen LogP contribution is 2.42. The van der Waals surface area contributed by atoms with Crippen LogP contribution in [0.5, 0.6) is 5.75 Å². The number of nitrogens with one attached hydrogen (secondary N) is 1. The largest absolute Gasteiger partial charge is 0.493 e. The van der Waals surface area contributed by atoms with E-state index in [1.807, 2.05) is 36.4 Å². The molecule has 4 rings (SSSR count). The second-order valence-corrected chi connectivity index (χ2v) is 6.42. The Morgan fingerprint density at radius 1 is 1.12 bits per heavy atom. The van der Waals surface area contributed by atoms with Crippen molar-refractivity contribution in [1.82, 2.24) is 5.32 Å². The van der Waals surface area contributed by atoms with Crippen molar-refractivity contribution in [1.29, 1.82) is 0 Å². The first kappa shape index (κ1) is 15.1. The summed E-state index contributed by atoms with van der Waals surface area (Å²) in [7, 11) is 0. The number of amides is 1. The van der Waals surface area contributed by atoms with Crippen molar-refractivity contribution in [2.75, 3.05) is 6.61 Å². The van der Waals surface area contributed by atoms with Crippen molar-refractivity contribution in [2.45, 2.75) is 37.8 Å². The van der Waals surface area contributed by atoms with Gasteiger partial charge in [-0.15, -0.1) is 0 Å². The van der Waals surface area contributed by atoms with Crippen LogP contribution >= 0.6 is 0 Å². The second-order valence-electron chi connectivity index (χ2n) is 6.42. The number of hydrogen-bond acceptors (Lipinski definition) is 3. The highest BCUT2D eigenvalue weighted by Gasteiger charge is 2.35. The molecule has 124 valence electrons. The van der Waals surface area contributed by atoms with E-state index >= 15 is 0 Å². The third-order valence-electron chi connectivity index (χ3n) is 4.94. The monoisotopic (exact) mass is 323 g/mol. The standard InChI is InChI=1S/C20H21NO3/c22-20(24-13-14-5-2-1-3-6-14)21-17-10-9-15-7-4-8-18-19(15)16(17)11-12-23-18/h1-8,16-17H,9-13H2,(H,21,22). The summed E-state index contributed by atoms with van der Waals surface area (Å²) >= 11 is 0. The summed E-state index contributed by atoms with van der Waals surface area (Å²) < 4.78 is 11.2. The van der Waals surface area contributed by atoms with Crippen molar-refractivity contribution in [2.24, 2.45) is 0 Å². The summed E-state index contributed by atoms with van der Waals surface area (Å²) in [6.07, 6.45) is 2.51. The highest BCUT2D eigenvalue weighted by molar-refractivity contribution is 5.68. The Hall–Kier alpha value is -2.49. The molecule has 0 saturated carbocycles. The van der Waals surface area contributed by atoms with Gasteiger partial charge < -0.3 is 14.8 Å². The molecule has 0 fully saturated rings. The van der Waals surface area contributed by atoms with Gasteiger partial charge in [0, 0.05) is 17.5 Å². The topological polar surface area (TPSA) is 47.6 Å². The number of ether oxygens (including phenoxy) is 2. The van der Waals surface area contributed by atoms with Crippen molar-refractivity contribution in [3.63, 3.8) is 0 Å². The van der Waals surface area contributed by atoms with Gasteiger partial charge >= 0.3 is 6.09 Å². The Bertz CT molecular complexity index is 715. The van der Waals surface area contributed by atoms with Crippen LogP contribution in [0.4, 0.5) is 4.79 Å². The van der Waals surface area contributed by atoms with Crippen LogP contribution in [0.2, 0.25) is 0 Å². The average Bonchev–Trinajstić information content (AvgIpc) is 2.63. The minimum absolute atomic E-state index is 0.117. The minimum atomic E-state index is -0.337. The van der Waals surface area contributed by atoms with Crippen LogP contribution in [0.15, 0.2) is 48.5 Å². The number of carbonyl (C=O) groups is 1. The molecule has 2 atom stereocenters. The fourth-order valence-corrected chi connectivity index (χ4v) is 3.80. The Morgan fingerprint density at radius 3 is 2.88 bits per heavy atom. The third-order valence-corrected chi connectivity index (χ3v) is 4.94. The fourth-order valence-electron chi connectivity index (χ4n) is 3.80. The average molecular weight is 323 g/mol. The molecular weight excluding hydrogens is 302 g/mol. The maximum absolute atomic E-state index is 12.2. The van der Waals surface area contributed by atoms with Crippen LogP contribution in [0.25, 0.3) is 0 Å². The van der Waals surface area contributed by atoms with Gasteiger partial charge in [0.2, 0.25) is 0 Å². The first-order valence-corrected chi connectivity index (χ1v) is 8.53. The van der Waals surface area contributed by atoms with Crippen LogP contribution in [0, 0.1) is 0 Å². The van der Waals surface area contributed by atoms with E-state index in [0.717, 1.165) is 30.6 Å². The van der Waals surface area contributed by atoms with Crippen molar-refractivity contribution in [3.05, 3.63) is 65.2 Å². The maximum atomic E-state index is 12.2. The summed E-state index contributed by atoms with van der Waals surface area (Å²) in [6, 6.07) is 16.1. The molecule has 0 bridgehead atoms. The molecule has 2 unspecified atom stereocenters. The molecule has 4 heteroatoms. The van der Waals surface area contributed by atoms with Gasteiger partial charge in [0.15, 0.2) is 0 Å². The Labute approximate surface area is 141 Å². The van der Waals surface area contributed by atoms with E-state index in [4.69, 9.17) is 9.47 Å². The lowest BCUT2D eigenvalue weighted by Gasteiger charge is -2.37. The molecule has 0 aromatic heterocycles. The van der Waals surface area contributed by atoms with E-state index in [-0.39, 0.29) is 12.1 Å². The van der Waals surface area contributed by atoms with E-state index in [1.54, 1.807) is 0 Å². The summed E-state index contributed by atoms with van der Waals surface area (Å²) in [5, 5.41) is 3.08. The zero-order valence-electron chi connectivity index (χ0n) is 13.5. The molecule has 0 radical (unpaired) electrons. The molecule has 2 aliphatic rings. The van der Waals surface area contributed by atoms with E-state index in [1.165, 1.54) is 11.1 Å². The van der Waals surface area contributed by atoms with Crippen LogP contribution in [0.1, 0.15) is 35.4 Å². The molecule has 4 nitrogen and oxygen atoms in total. The molecule has 1 aliphatic carbocycles. The normalized spacial score (nSPS) is 21.3. The van der Waals surface area contributed by atoms with Crippen LogP contribution in [-0.2, 0) is 17.8 Å². The lowest BCUT2D eigenvalue weighted by Crippen LogP contribution is -2.43.